The van der Waals surface area contributed by atoms with Crippen molar-refractivity contribution in [2.75, 3.05) is 6.54 Å². The van der Waals surface area contributed by atoms with E-state index in [9.17, 15) is 0 Å². The van der Waals surface area contributed by atoms with E-state index in [4.69, 9.17) is 0 Å². The molecule has 0 aliphatic heterocycles. The minimum absolute atomic E-state index is 0.367. The fourth-order valence-corrected chi connectivity index (χ4v) is 2.34. The molecule has 0 aliphatic carbocycles. The predicted octanol–water partition coefficient (Wildman–Crippen LogP) is 3.25. The zero-order chi connectivity index (χ0) is 13.6. The average Bonchev–Trinajstić information content (AvgIpc) is 2.82. The summed E-state index contributed by atoms with van der Waals surface area (Å²) >= 11 is 0. The lowest BCUT2D eigenvalue weighted by molar-refractivity contribution is 0.239. The lowest BCUT2D eigenvalue weighted by Gasteiger charge is -2.32. The van der Waals surface area contributed by atoms with Crippen molar-refractivity contribution in [1.29, 1.82) is 0 Å². The molecule has 0 radical (unpaired) electrons. The maximum atomic E-state index is 4.38. The molecule has 18 heavy (non-hydrogen) atoms. The van der Waals surface area contributed by atoms with E-state index in [1.54, 1.807) is 0 Å². The Labute approximate surface area is 112 Å². The fourth-order valence-electron chi connectivity index (χ4n) is 2.34. The number of aryl methyl sites for hydroxylation is 1. The summed E-state index contributed by atoms with van der Waals surface area (Å²) in [4.78, 5) is 0. The van der Waals surface area contributed by atoms with Crippen LogP contribution < -0.4 is 5.32 Å². The van der Waals surface area contributed by atoms with Gasteiger partial charge in [-0.2, -0.15) is 5.10 Å². The van der Waals surface area contributed by atoms with Crippen molar-refractivity contribution in [2.45, 2.75) is 66.5 Å². The highest BCUT2D eigenvalue weighted by Gasteiger charge is 2.27. The van der Waals surface area contributed by atoms with E-state index in [-0.39, 0.29) is 0 Å². The summed E-state index contributed by atoms with van der Waals surface area (Å²) < 4.78 is 2.02. The lowest BCUT2D eigenvalue weighted by Crippen LogP contribution is -2.38. The number of nitrogens with one attached hydrogen (secondary N) is 1. The van der Waals surface area contributed by atoms with E-state index < -0.39 is 0 Å². The second-order valence-electron chi connectivity index (χ2n) is 5.62. The summed E-state index contributed by atoms with van der Waals surface area (Å²) in [7, 11) is 0. The second-order valence-corrected chi connectivity index (χ2v) is 5.62. The first kappa shape index (κ1) is 15.2. The molecule has 0 amide bonds. The van der Waals surface area contributed by atoms with Crippen LogP contribution in [0.4, 0.5) is 0 Å². The zero-order valence-electron chi connectivity index (χ0n) is 12.7. The number of aromatic nitrogens is 2. The van der Waals surface area contributed by atoms with Crippen LogP contribution in [0.1, 0.15) is 53.0 Å². The Morgan fingerprint density at radius 2 is 1.94 bits per heavy atom. The van der Waals surface area contributed by atoms with Gasteiger partial charge in [-0.15, -0.1) is 0 Å². The van der Waals surface area contributed by atoms with Crippen molar-refractivity contribution >= 4 is 0 Å². The minimum Gasteiger partial charge on any atom is -0.314 e. The number of hydrogen-bond acceptors (Lipinski definition) is 2. The molecule has 0 aliphatic rings. The van der Waals surface area contributed by atoms with Gasteiger partial charge in [0.2, 0.25) is 0 Å². The van der Waals surface area contributed by atoms with Crippen molar-refractivity contribution in [3.8, 4) is 0 Å². The van der Waals surface area contributed by atoms with Crippen LogP contribution in [0.15, 0.2) is 12.4 Å². The van der Waals surface area contributed by atoms with Crippen molar-refractivity contribution in [2.24, 2.45) is 5.41 Å². The minimum atomic E-state index is 0.367. The van der Waals surface area contributed by atoms with Crippen LogP contribution in [0.25, 0.3) is 0 Å². The largest absolute Gasteiger partial charge is 0.314 e. The van der Waals surface area contributed by atoms with E-state index in [0.717, 1.165) is 19.5 Å². The molecule has 1 N–H and O–H groups in total. The third-order valence-electron chi connectivity index (χ3n) is 3.98. The molecule has 0 fully saturated rings. The summed E-state index contributed by atoms with van der Waals surface area (Å²) in [6.45, 7) is 13.2. The first-order valence-corrected chi connectivity index (χ1v) is 7.30. The van der Waals surface area contributed by atoms with Gasteiger partial charge in [-0.25, -0.2) is 0 Å². The van der Waals surface area contributed by atoms with Crippen LogP contribution in [0.2, 0.25) is 0 Å². The average molecular weight is 251 g/mol. The molecule has 0 unspecified atom stereocenters. The molecule has 3 heteroatoms. The smallest absolute Gasteiger partial charge is 0.0521 e. The van der Waals surface area contributed by atoms with E-state index in [2.05, 4.69) is 51.2 Å². The molecule has 0 saturated heterocycles. The molecule has 0 spiro atoms. The Bertz CT molecular complexity index is 337. The van der Waals surface area contributed by atoms with Crippen LogP contribution >= 0.6 is 0 Å². The van der Waals surface area contributed by atoms with Gasteiger partial charge in [0.25, 0.3) is 0 Å². The topological polar surface area (TPSA) is 29.9 Å². The zero-order valence-corrected chi connectivity index (χ0v) is 12.7. The molecular formula is C15H29N3. The molecule has 1 aromatic rings. The summed E-state index contributed by atoms with van der Waals surface area (Å²) in [5.74, 6) is 0. The predicted molar refractivity (Wildman–Crippen MR) is 77.8 cm³/mol. The van der Waals surface area contributed by atoms with Crippen LogP contribution in [0.3, 0.4) is 0 Å². The Morgan fingerprint density at radius 1 is 1.28 bits per heavy atom. The Morgan fingerprint density at radius 3 is 2.39 bits per heavy atom. The SMILES string of the molecule is CCn1cc(CC(CC)(CC)CNC(C)C)cn1. The van der Waals surface area contributed by atoms with Crippen molar-refractivity contribution in [3.63, 3.8) is 0 Å². The van der Waals surface area contributed by atoms with Crippen molar-refractivity contribution in [3.05, 3.63) is 18.0 Å². The van der Waals surface area contributed by atoms with E-state index in [1.165, 1.54) is 18.4 Å². The quantitative estimate of drug-likeness (QED) is 0.768. The molecular weight excluding hydrogens is 222 g/mol. The maximum absolute atomic E-state index is 4.38. The van der Waals surface area contributed by atoms with Gasteiger partial charge in [0.15, 0.2) is 0 Å². The fraction of sp³-hybridized carbons (Fsp3) is 0.800. The molecule has 1 aromatic heterocycles. The van der Waals surface area contributed by atoms with Gasteiger partial charge in [-0.1, -0.05) is 27.7 Å². The van der Waals surface area contributed by atoms with Gasteiger partial charge in [-0.05, 0) is 37.2 Å². The monoisotopic (exact) mass is 251 g/mol. The van der Waals surface area contributed by atoms with E-state index >= 15 is 0 Å². The van der Waals surface area contributed by atoms with Gasteiger partial charge in [0.1, 0.15) is 0 Å². The van der Waals surface area contributed by atoms with Crippen LogP contribution in [-0.2, 0) is 13.0 Å². The van der Waals surface area contributed by atoms with Gasteiger partial charge in [-0.3, -0.25) is 4.68 Å². The second kappa shape index (κ2) is 6.93. The molecule has 0 atom stereocenters. The highest BCUT2D eigenvalue weighted by molar-refractivity contribution is 5.08. The van der Waals surface area contributed by atoms with Crippen molar-refractivity contribution < 1.29 is 0 Å². The molecule has 3 nitrogen and oxygen atoms in total. The van der Waals surface area contributed by atoms with E-state index in [0.29, 0.717) is 11.5 Å². The highest BCUT2D eigenvalue weighted by Crippen LogP contribution is 2.30. The number of rotatable bonds is 8. The van der Waals surface area contributed by atoms with Gasteiger partial charge in [0.05, 0.1) is 6.20 Å². The summed E-state index contributed by atoms with van der Waals surface area (Å²) in [6, 6.07) is 0.556. The molecule has 0 bridgehead atoms. The highest BCUT2D eigenvalue weighted by atomic mass is 15.3. The molecule has 104 valence electrons. The van der Waals surface area contributed by atoms with Gasteiger partial charge >= 0.3 is 0 Å². The third kappa shape index (κ3) is 4.13. The first-order chi connectivity index (χ1) is 8.55. The molecule has 1 rings (SSSR count). The van der Waals surface area contributed by atoms with Gasteiger partial charge < -0.3 is 5.32 Å². The molecule has 1 heterocycles. The molecule has 0 aromatic carbocycles. The Kier molecular flexibility index (Phi) is 5.86. The lowest BCUT2D eigenvalue weighted by atomic mass is 9.77. The first-order valence-electron chi connectivity index (χ1n) is 7.30. The van der Waals surface area contributed by atoms with Crippen LogP contribution in [-0.4, -0.2) is 22.4 Å². The maximum Gasteiger partial charge on any atom is 0.0521 e. The normalized spacial score (nSPS) is 12.3. The Hall–Kier alpha value is -0.830. The van der Waals surface area contributed by atoms with Crippen molar-refractivity contribution in [1.82, 2.24) is 15.1 Å². The Balaban J connectivity index is 2.71. The van der Waals surface area contributed by atoms with E-state index in [1.807, 2.05) is 10.9 Å². The third-order valence-corrected chi connectivity index (χ3v) is 3.98. The molecule has 0 saturated carbocycles. The van der Waals surface area contributed by atoms with Crippen LogP contribution in [0.5, 0.6) is 0 Å². The van der Waals surface area contributed by atoms with Gasteiger partial charge in [0, 0.05) is 25.3 Å². The summed E-state index contributed by atoms with van der Waals surface area (Å²) in [5.41, 5.74) is 1.73. The number of nitrogens with zero attached hydrogens (tertiary/aromatic N) is 2. The number of hydrogen-bond donors (Lipinski definition) is 1. The summed E-state index contributed by atoms with van der Waals surface area (Å²) in [5, 5.41) is 7.98. The summed E-state index contributed by atoms with van der Waals surface area (Å²) in [6.07, 6.45) is 7.76. The standard InChI is InChI=1S/C15H29N3/c1-6-15(7-2,12-16-13(4)5)9-14-10-17-18(8-3)11-14/h10-11,13,16H,6-9,12H2,1-5H3. The van der Waals surface area contributed by atoms with Crippen LogP contribution in [0, 0.1) is 5.41 Å².